The monoisotopic (exact) mass is 440 g/mol. The van der Waals surface area contributed by atoms with Gasteiger partial charge in [0.05, 0.1) is 49.3 Å². The second-order valence-corrected chi connectivity index (χ2v) is 7.89. The van der Waals surface area contributed by atoms with Crippen molar-refractivity contribution in [1.29, 1.82) is 0 Å². The van der Waals surface area contributed by atoms with Crippen LogP contribution in [0.4, 0.5) is 34.5 Å². The fourth-order valence-electron chi connectivity index (χ4n) is 4.03. The summed E-state index contributed by atoms with van der Waals surface area (Å²) in [6.45, 7) is 10.7. The topological polar surface area (TPSA) is 90.4 Å². The standard InChI is InChI=1S/C22H32N8O2/c1-23-16-13-17(20(31-4)14-18(16)29-7-5-28(3)6-8-29)26-22-25-15-19(21(24-2)27-22)30-9-11-32-12-10-30/h13-15H,1,5-12H2,2-4H3,(H2,24,25,26,27). The molecule has 1 aromatic heterocycles. The first-order chi connectivity index (χ1) is 15.6. The molecule has 0 atom stereocenters. The molecule has 0 unspecified atom stereocenters. The number of aliphatic imine (C=N–C) groups is 1. The van der Waals surface area contributed by atoms with Crippen LogP contribution >= 0.6 is 0 Å². The van der Waals surface area contributed by atoms with Crippen molar-refractivity contribution < 1.29 is 9.47 Å². The Morgan fingerprint density at radius 2 is 1.78 bits per heavy atom. The number of hydrogen-bond donors (Lipinski definition) is 2. The van der Waals surface area contributed by atoms with Gasteiger partial charge in [0, 0.05) is 52.4 Å². The highest BCUT2D eigenvalue weighted by molar-refractivity contribution is 5.80. The zero-order valence-electron chi connectivity index (χ0n) is 19.1. The SMILES string of the molecule is C=Nc1cc(Nc2ncc(N3CCOCC3)c(NC)n2)c(OC)cc1N1CCN(C)CC1. The quantitative estimate of drug-likeness (QED) is 0.629. The van der Waals surface area contributed by atoms with E-state index in [1.165, 1.54) is 0 Å². The maximum Gasteiger partial charge on any atom is 0.229 e. The molecule has 1 aromatic carbocycles. The fraction of sp³-hybridized carbons (Fsp3) is 0.500. The minimum atomic E-state index is 0.479. The van der Waals surface area contributed by atoms with Gasteiger partial charge in [-0.2, -0.15) is 4.98 Å². The lowest BCUT2D eigenvalue weighted by Crippen LogP contribution is -2.44. The van der Waals surface area contributed by atoms with Crippen molar-refractivity contribution in [1.82, 2.24) is 14.9 Å². The molecule has 0 radical (unpaired) electrons. The molecule has 172 valence electrons. The van der Waals surface area contributed by atoms with Crippen molar-refractivity contribution in [3.05, 3.63) is 18.3 Å². The van der Waals surface area contributed by atoms with Crippen molar-refractivity contribution >= 4 is 41.2 Å². The number of morpholine rings is 1. The first kappa shape index (κ1) is 22.1. The van der Waals surface area contributed by atoms with Gasteiger partial charge >= 0.3 is 0 Å². The third-order valence-electron chi connectivity index (χ3n) is 5.92. The number of nitrogens with one attached hydrogen (secondary N) is 2. The van der Waals surface area contributed by atoms with E-state index in [1.54, 1.807) is 7.11 Å². The summed E-state index contributed by atoms with van der Waals surface area (Å²) < 4.78 is 11.1. The van der Waals surface area contributed by atoms with E-state index in [4.69, 9.17) is 9.47 Å². The predicted molar refractivity (Wildman–Crippen MR) is 130 cm³/mol. The molecular weight excluding hydrogens is 408 g/mol. The van der Waals surface area contributed by atoms with Gasteiger partial charge in [-0.3, -0.25) is 4.99 Å². The molecule has 2 aromatic rings. The Labute approximate surface area is 189 Å². The van der Waals surface area contributed by atoms with Crippen LogP contribution in [0.15, 0.2) is 23.3 Å². The van der Waals surface area contributed by atoms with Crippen molar-refractivity contribution in [3.63, 3.8) is 0 Å². The number of nitrogens with zero attached hydrogens (tertiary/aromatic N) is 6. The van der Waals surface area contributed by atoms with E-state index in [0.717, 1.165) is 67.8 Å². The molecule has 10 heteroatoms. The summed E-state index contributed by atoms with van der Waals surface area (Å²) in [6.07, 6.45) is 1.84. The van der Waals surface area contributed by atoms with Crippen LogP contribution in [0.2, 0.25) is 0 Å². The van der Waals surface area contributed by atoms with E-state index in [0.29, 0.717) is 24.9 Å². The molecule has 3 heterocycles. The highest BCUT2D eigenvalue weighted by Gasteiger charge is 2.21. The van der Waals surface area contributed by atoms with Gasteiger partial charge in [0.15, 0.2) is 5.82 Å². The number of benzene rings is 1. The smallest absolute Gasteiger partial charge is 0.229 e. The number of hydrogen-bond acceptors (Lipinski definition) is 10. The van der Waals surface area contributed by atoms with Crippen molar-refractivity contribution in [2.75, 3.05) is 94.1 Å². The number of likely N-dealkylation sites (N-methyl/N-ethyl adjacent to an activating group) is 1. The van der Waals surface area contributed by atoms with E-state index < -0.39 is 0 Å². The highest BCUT2D eigenvalue weighted by Crippen LogP contribution is 2.40. The Balaban J connectivity index is 1.60. The molecule has 32 heavy (non-hydrogen) atoms. The largest absolute Gasteiger partial charge is 0.494 e. The summed E-state index contributed by atoms with van der Waals surface area (Å²) in [7, 11) is 5.67. The number of methoxy groups -OCH3 is 1. The molecule has 2 fully saturated rings. The molecule has 0 aliphatic carbocycles. The Hall–Kier alpha value is -3.11. The second kappa shape index (κ2) is 10.0. The van der Waals surface area contributed by atoms with Gasteiger partial charge in [-0.1, -0.05) is 0 Å². The molecule has 2 aliphatic rings. The van der Waals surface area contributed by atoms with Crippen molar-refractivity contribution in [2.24, 2.45) is 4.99 Å². The molecule has 0 bridgehead atoms. The van der Waals surface area contributed by atoms with Crippen LogP contribution in [0.25, 0.3) is 0 Å². The van der Waals surface area contributed by atoms with Gasteiger partial charge in [0.1, 0.15) is 5.75 Å². The third kappa shape index (κ3) is 4.71. The van der Waals surface area contributed by atoms with Crippen LogP contribution in [0.5, 0.6) is 5.75 Å². The van der Waals surface area contributed by atoms with E-state index >= 15 is 0 Å². The van der Waals surface area contributed by atoms with Gasteiger partial charge in [-0.05, 0) is 19.8 Å². The lowest BCUT2D eigenvalue weighted by Gasteiger charge is -2.35. The van der Waals surface area contributed by atoms with Crippen LogP contribution in [0, 0.1) is 0 Å². The minimum absolute atomic E-state index is 0.479. The maximum absolute atomic E-state index is 5.69. The lowest BCUT2D eigenvalue weighted by atomic mass is 10.1. The third-order valence-corrected chi connectivity index (χ3v) is 5.92. The van der Waals surface area contributed by atoms with Gasteiger partial charge in [-0.15, -0.1) is 0 Å². The highest BCUT2D eigenvalue weighted by atomic mass is 16.5. The van der Waals surface area contributed by atoms with Crippen molar-refractivity contribution in [3.8, 4) is 5.75 Å². The first-order valence-corrected chi connectivity index (χ1v) is 10.9. The number of rotatable bonds is 7. The Morgan fingerprint density at radius 1 is 1.06 bits per heavy atom. The number of aromatic nitrogens is 2. The summed E-state index contributed by atoms with van der Waals surface area (Å²) in [5.41, 5.74) is 3.53. The van der Waals surface area contributed by atoms with Gasteiger partial charge in [0.25, 0.3) is 0 Å². The van der Waals surface area contributed by atoms with E-state index in [-0.39, 0.29) is 0 Å². The molecule has 0 amide bonds. The predicted octanol–water partition coefficient (Wildman–Crippen LogP) is 2.19. The summed E-state index contributed by atoms with van der Waals surface area (Å²) in [6, 6.07) is 3.95. The molecule has 0 saturated carbocycles. The zero-order chi connectivity index (χ0) is 22.5. The maximum atomic E-state index is 5.69. The van der Waals surface area contributed by atoms with E-state index in [9.17, 15) is 0 Å². The van der Waals surface area contributed by atoms with Gasteiger partial charge < -0.3 is 34.8 Å². The number of anilines is 5. The molecule has 0 spiro atoms. The second-order valence-electron chi connectivity index (χ2n) is 7.89. The molecule has 2 aliphatic heterocycles. The van der Waals surface area contributed by atoms with Crippen LogP contribution in [0.3, 0.4) is 0 Å². The summed E-state index contributed by atoms with van der Waals surface area (Å²) in [5, 5.41) is 6.48. The summed E-state index contributed by atoms with van der Waals surface area (Å²) in [5.74, 6) is 1.95. The molecule has 10 nitrogen and oxygen atoms in total. The average Bonchev–Trinajstić information content (AvgIpc) is 2.84. The normalized spacial score (nSPS) is 17.2. The van der Waals surface area contributed by atoms with E-state index in [1.807, 2.05) is 25.4 Å². The Bertz CT molecular complexity index is 940. The van der Waals surface area contributed by atoms with Crippen LogP contribution in [-0.2, 0) is 4.74 Å². The van der Waals surface area contributed by atoms with Gasteiger partial charge in [0.2, 0.25) is 5.95 Å². The first-order valence-electron chi connectivity index (χ1n) is 10.9. The lowest BCUT2D eigenvalue weighted by molar-refractivity contribution is 0.122. The van der Waals surface area contributed by atoms with E-state index in [2.05, 4.69) is 54.1 Å². The number of ether oxygens (including phenoxy) is 2. The van der Waals surface area contributed by atoms with Crippen LogP contribution in [-0.4, -0.2) is 95.3 Å². The minimum Gasteiger partial charge on any atom is -0.494 e. The van der Waals surface area contributed by atoms with Crippen LogP contribution in [0.1, 0.15) is 0 Å². The van der Waals surface area contributed by atoms with Gasteiger partial charge in [-0.25, -0.2) is 4.98 Å². The number of piperazine rings is 1. The summed E-state index contributed by atoms with van der Waals surface area (Å²) in [4.78, 5) is 20.4. The molecule has 4 rings (SSSR count). The average molecular weight is 441 g/mol. The van der Waals surface area contributed by atoms with Crippen molar-refractivity contribution in [2.45, 2.75) is 0 Å². The Morgan fingerprint density at radius 3 is 2.44 bits per heavy atom. The molecule has 2 saturated heterocycles. The summed E-state index contributed by atoms with van der Waals surface area (Å²) >= 11 is 0. The molecular formula is C22H32N8O2. The van der Waals surface area contributed by atoms with Crippen LogP contribution < -0.4 is 25.2 Å². The Kier molecular flexibility index (Phi) is 6.91. The molecule has 2 N–H and O–H groups in total. The zero-order valence-corrected chi connectivity index (χ0v) is 19.1. The fourth-order valence-corrected chi connectivity index (χ4v) is 4.03.